The van der Waals surface area contributed by atoms with Crippen LogP contribution in [0.25, 0.3) is 0 Å². The first-order valence-electron chi connectivity index (χ1n) is 6.04. The molecule has 1 saturated heterocycles. The Morgan fingerprint density at radius 1 is 1.29 bits per heavy atom. The van der Waals surface area contributed by atoms with Crippen LogP contribution in [0.5, 0.6) is 0 Å². The van der Waals surface area contributed by atoms with Crippen molar-refractivity contribution >= 4 is 17.6 Å². The monoisotopic (exact) mass is 303 g/mol. The lowest BCUT2D eigenvalue weighted by Crippen LogP contribution is -2.40. The van der Waals surface area contributed by atoms with Gasteiger partial charge in [0.15, 0.2) is 0 Å². The Kier molecular flexibility index (Phi) is 3.43. The number of benzene rings is 1. The summed E-state index contributed by atoms with van der Waals surface area (Å²) in [7, 11) is 1.43. The van der Waals surface area contributed by atoms with Crippen molar-refractivity contribution in [1.29, 1.82) is 0 Å². The zero-order valence-electron chi connectivity index (χ0n) is 11.5. The minimum absolute atomic E-state index is 0.0904. The molecule has 1 aromatic carbocycles. The second kappa shape index (κ2) is 4.71. The molecule has 0 saturated carbocycles. The third kappa shape index (κ3) is 2.57. The first kappa shape index (κ1) is 15.3. The molecular weight excluding hydrogens is 290 g/mol. The number of alkyl halides is 3. The summed E-state index contributed by atoms with van der Waals surface area (Å²) in [6.07, 6.45) is -4.84. The van der Waals surface area contributed by atoms with E-state index in [1.165, 1.54) is 7.05 Å². The Bertz CT molecular complexity index is 622. The van der Waals surface area contributed by atoms with E-state index in [-0.39, 0.29) is 11.5 Å². The summed E-state index contributed by atoms with van der Waals surface area (Å²) < 4.78 is 51.6. The van der Waals surface area contributed by atoms with Gasteiger partial charge in [0.05, 0.1) is 16.8 Å². The first-order valence-corrected chi connectivity index (χ1v) is 6.04. The molecule has 114 valence electrons. The van der Waals surface area contributed by atoms with Gasteiger partial charge in [0.1, 0.15) is 11.7 Å². The van der Waals surface area contributed by atoms with Gasteiger partial charge in [-0.1, -0.05) is 0 Å². The normalized spacial score (nSPS) is 20.0. The SMILES string of the molecule is CN=C1N(c2ccc(F)c(C(F)(F)F)c2)C(=O)NC1(C)C. The lowest BCUT2D eigenvalue weighted by atomic mass is 10.1. The number of aliphatic imine (C=N–C) groups is 1. The molecule has 4 nitrogen and oxygen atoms in total. The molecule has 0 aliphatic carbocycles. The number of hydrogen-bond acceptors (Lipinski definition) is 2. The number of carbonyl (C=O) groups excluding carboxylic acids is 1. The maximum atomic E-state index is 13.3. The van der Waals surface area contributed by atoms with Crippen LogP contribution in [0, 0.1) is 5.82 Å². The summed E-state index contributed by atoms with van der Waals surface area (Å²) in [4.78, 5) is 16.9. The maximum absolute atomic E-state index is 13.3. The number of hydrogen-bond donors (Lipinski definition) is 1. The second-order valence-corrected chi connectivity index (χ2v) is 5.10. The van der Waals surface area contributed by atoms with Gasteiger partial charge in [-0.2, -0.15) is 13.2 Å². The molecule has 1 aliphatic rings. The summed E-state index contributed by atoms with van der Waals surface area (Å²) in [6, 6.07) is 1.78. The van der Waals surface area contributed by atoms with Crippen molar-refractivity contribution in [2.24, 2.45) is 4.99 Å². The van der Waals surface area contributed by atoms with Crippen molar-refractivity contribution < 1.29 is 22.4 Å². The van der Waals surface area contributed by atoms with Crippen LogP contribution in [0.1, 0.15) is 19.4 Å². The maximum Gasteiger partial charge on any atom is 0.419 e. The van der Waals surface area contributed by atoms with E-state index < -0.39 is 29.1 Å². The van der Waals surface area contributed by atoms with Crippen LogP contribution in [-0.4, -0.2) is 24.5 Å². The van der Waals surface area contributed by atoms with Crippen molar-refractivity contribution in [1.82, 2.24) is 5.32 Å². The highest BCUT2D eigenvalue weighted by Crippen LogP contribution is 2.35. The van der Waals surface area contributed by atoms with Crippen molar-refractivity contribution in [3.8, 4) is 0 Å². The van der Waals surface area contributed by atoms with E-state index in [1.807, 2.05) is 0 Å². The third-order valence-electron chi connectivity index (χ3n) is 3.12. The molecule has 1 aromatic rings. The standard InChI is InChI=1S/C13H13F4N3O/c1-12(2)10(18-3)20(11(21)19-12)7-4-5-9(14)8(6-7)13(15,16)17/h4-6H,1-3H3,(H,19,21). The van der Waals surface area contributed by atoms with Gasteiger partial charge in [-0.25, -0.2) is 14.1 Å². The fraction of sp³-hybridized carbons (Fsp3) is 0.385. The van der Waals surface area contributed by atoms with Crippen LogP contribution in [0.4, 0.5) is 28.0 Å². The molecule has 21 heavy (non-hydrogen) atoms. The van der Waals surface area contributed by atoms with E-state index in [4.69, 9.17) is 0 Å². The molecule has 0 bridgehead atoms. The Labute approximate surface area is 118 Å². The van der Waals surface area contributed by atoms with Crippen LogP contribution in [0.15, 0.2) is 23.2 Å². The van der Waals surface area contributed by atoms with Gasteiger partial charge in [-0.05, 0) is 32.0 Å². The Balaban J connectivity index is 2.55. The Hall–Kier alpha value is -2.12. The van der Waals surface area contributed by atoms with Gasteiger partial charge in [0.25, 0.3) is 0 Å². The van der Waals surface area contributed by atoms with Crippen LogP contribution in [0.2, 0.25) is 0 Å². The number of nitrogens with one attached hydrogen (secondary N) is 1. The summed E-state index contributed by atoms with van der Waals surface area (Å²) in [5.74, 6) is -1.13. The minimum Gasteiger partial charge on any atom is -0.325 e. The van der Waals surface area contributed by atoms with Gasteiger partial charge in [-0.15, -0.1) is 0 Å². The van der Waals surface area contributed by atoms with E-state index in [1.54, 1.807) is 13.8 Å². The van der Waals surface area contributed by atoms with Crippen molar-refractivity contribution in [2.75, 3.05) is 11.9 Å². The molecule has 0 spiro atoms. The summed E-state index contributed by atoms with van der Waals surface area (Å²) in [6.45, 7) is 3.34. The molecule has 1 N–H and O–H groups in total. The van der Waals surface area contributed by atoms with E-state index >= 15 is 0 Å². The highest BCUT2D eigenvalue weighted by atomic mass is 19.4. The number of anilines is 1. The smallest absolute Gasteiger partial charge is 0.325 e. The number of halogens is 4. The molecule has 0 aromatic heterocycles. The number of amidine groups is 1. The lowest BCUT2D eigenvalue weighted by Gasteiger charge is -2.21. The fourth-order valence-electron chi connectivity index (χ4n) is 2.24. The zero-order valence-corrected chi connectivity index (χ0v) is 11.5. The van der Waals surface area contributed by atoms with Gasteiger partial charge >= 0.3 is 12.2 Å². The van der Waals surface area contributed by atoms with E-state index in [9.17, 15) is 22.4 Å². The average Bonchev–Trinajstić information content (AvgIpc) is 2.57. The third-order valence-corrected chi connectivity index (χ3v) is 3.12. The fourth-order valence-corrected chi connectivity index (χ4v) is 2.24. The zero-order chi connectivity index (χ0) is 16.0. The van der Waals surface area contributed by atoms with Crippen molar-refractivity contribution in [3.63, 3.8) is 0 Å². The average molecular weight is 303 g/mol. The number of nitrogens with zero attached hydrogens (tertiary/aromatic N) is 2. The summed E-state index contributed by atoms with van der Waals surface area (Å²) >= 11 is 0. The predicted octanol–water partition coefficient (Wildman–Crippen LogP) is 3.18. The number of amides is 2. The molecule has 0 unspecified atom stereocenters. The van der Waals surface area contributed by atoms with Gasteiger partial charge < -0.3 is 5.32 Å². The topological polar surface area (TPSA) is 44.7 Å². The largest absolute Gasteiger partial charge is 0.419 e. The van der Waals surface area contributed by atoms with Gasteiger partial charge in [0.2, 0.25) is 0 Å². The molecule has 8 heteroatoms. The second-order valence-electron chi connectivity index (χ2n) is 5.10. The molecule has 1 fully saturated rings. The Morgan fingerprint density at radius 2 is 1.90 bits per heavy atom. The molecule has 1 heterocycles. The Morgan fingerprint density at radius 3 is 2.43 bits per heavy atom. The van der Waals surface area contributed by atoms with Crippen molar-refractivity contribution in [3.05, 3.63) is 29.6 Å². The van der Waals surface area contributed by atoms with Gasteiger partial charge in [0, 0.05) is 7.05 Å². The van der Waals surface area contributed by atoms with Crippen LogP contribution >= 0.6 is 0 Å². The molecule has 0 radical (unpaired) electrons. The number of urea groups is 1. The quantitative estimate of drug-likeness (QED) is 0.796. The predicted molar refractivity (Wildman–Crippen MR) is 69.9 cm³/mol. The molecular formula is C13H13F4N3O. The molecule has 0 atom stereocenters. The molecule has 1 aliphatic heterocycles. The number of carbonyl (C=O) groups is 1. The highest BCUT2D eigenvalue weighted by molar-refractivity contribution is 6.25. The van der Waals surface area contributed by atoms with E-state index in [2.05, 4.69) is 10.3 Å². The van der Waals surface area contributed by atoms with Crippen LogP contribution in [0.3, 0.4) is 0 Å². The van der Waals surface area contributed by atoms with E-state index in [0.29, 0.717) is 12.1 Å². The number of rotatable bonds is 1. The first-order chi connectivity index (χ1) is 9.58. The highest BCUT2D eigenvalue weighted by Gasteiger charge is 2.43. The van der Waals surface area contributed by atoms with Crippen LogP contribution < -0.4 is 10.2 Å². The molecule has 2 amide bonds. The lowest BCUT2D eigenvalue weighted by molar-refractivity contribution is -0.139. The summed E-state index contributed by atoms with van der Waals surface area (Å²) in [5.41, 5.74) is -2.33. The summed E-state index contributed by atoms with van der Waals surface area (Å²) in [5, 5.41) is 2.60. The van der Waals surface area contributed by atoms with Crippen LogP contribution in [-0.2, 0) is 6.18 Å². The van der Waals surface area contributed by atoms with E-state index in [0.717, 1.165) is 11.0 Å². The van der Waals surface area contributed by atoms with Gasteiger partial charge in [-0.3, -0.25) is 4.99 Å². The minimum atomic E-state index is -4.84. The van der Waals surface area contributed by atoms with Crippen molar-refractivity contribution in [2.45, 2.75) is 25.6 Å². The molecule has 2 rings (SSSR count).